The van der Waals surface area contributed by atoms with Crippen molar-refractivity contribution in [1.82, 2.24) is 19.6 Å². The van der Waals surface area contributed by atoms with Crippen LogP contribution in [0.5, 0.6) is 5.75 Å². The van der Waals surface area contributed by atoms with Crippen LogP contribution in [0.25, 0.3) is 5.69 Å². The highest BCUT2D eigenvalue weighted by Crippen LogP contribution is 2.28. The molecule has 7 heteroatoms. The second kappa shape index (κ2) is 11.1. The highest BCUT2D eigenvalue weighted by Gasteiger charge is 2.27. The van der Waals surface area contributed by atoms with Gasteiger partial charge in [0.05, 0.1) is 37.2 Å². The van der Waals surface area contributed by atoms with Crippen molar-refractivity contribution in [3.05, 3.63) is 99.5 Å². The summed E-state index contributed by atoms with van der Waals surface area (Å²) in [6.07, 6.45) is 1.36. The Labute approximate surface area is 216 Å². The van der Waals surface area contributed by atoms with E-state index in [1.165, 1.54) is 16.8 Å². The molecule has 4 aromatic rings. The Hall–Kier alpha value is -3.42. The van der Waals surface area contributed by atoms with Crippen molar-refractivity contribution >= 4 is 17.2 Å². The molecule has 0 aliphatic carbocycles. The second-order valence-electron chi connectivity index (χ2n) is 9.09. The van der Waals surface area contributed by atoms with Crippen LogP contribution in [0.4, 0.5) is 0 Å². The van der Waals surface area contributed by atoms with Crippen molar-refractivity contribution in [2.75, 3.05) is 20.2 Å². The Morgan fingerprint density at radius 3 is 2.58 bits per heavy atom. The zero-order valence-electron chi connectivity index (χ0n) is 20.9. The summed E-state index contributed by atoms with van der Waals surface area (Å²) in [5.41, 5.74) is 5.83. The SMILES string of the molecule is CCN(Cc1nn(-c2ccccc2)c2c1CN(Cc1ccc(OC)cc1)CC2)C(=O)Cc1cccs1. The largest absolute Gasteiger partial charge is 0.497 e. The lowest BCUT2D eigenvalue weighted by molar-refractivity contribution is -0.130. The summed E-state index contributed by atoms with van der Waals surface area (Å²) >= 11 is 1.63. The maximum absolute atomic E-state index is 13.1. The van der Waals surface area contributed by atoms with E-state index in [2.05, 4.69) is 33.8 Å². The molecule has 5 rings (SSSR count). The molecular formula is C29H32N4O2S. The molecule has 1 aliphatic rings. The maximum atomic E-state index is 13.1. The molecule has 36 heavy (non-hydrogen) atoms. The maximum Gasteiger partial charge on any atom is 0.228 e. The minimum Gasteiger partial charge on any atom is -0.497 e. The van der Waals surface area contributed by atoms with Crippen LogP contribution in [-0.2, 0) is 37.3 Å². The van der Waals surface area contributed by atoms with Gasteiger partial charge in [-0.1, -0.05) is 36.4 Å². The van der Waals surface area contributed by atoms with Crippen LogP contribution in [-0.4, -0.2) is 45.7 Å². The van der Waals surface area contributed by atoms with Crippen molar-refractivity contribution in [2.45, 2.75) is 39.4 Å². The molecule has 1 amide bonds. The number of fused-ring (bicyclic) bond motifs is 1. The molecule has 0 saturated heterocycles. The first-order valence-electron chi connectivity index (χ1n) is 12.4. The summed E-state index contributed by atoms with van der Waals surface area (Å²) in [6, 6.07) is 22.6. The number of rotatable bonds is 9. The summed E-state index contributed by atoms with van der Waals surface area (Å²) in [5, 5.41) is 7.10. The van der Waals surface area contributed by atoms with Gasteiger partial charge >= 0.3 is 0 Å². The third kappa shape index (κ3) is 5.37. The fourth-order valence-corrected chi connectivity index (χ4v) is 5.50. The lowest BCUT2D eigenvalue weighted by Crippen LogP contribution is -2.33. The monoisotopic (exact) mass is 500 g/mol. The molecule has 0 atom stereocenters. The van der Waals surface area contributed by atoms with Gasteiger partial charge in [0.15, 0.2) is 0 Å². The van der Waals surface area contributed by atoms with E-state index in [-0.39, 0.29) is 5.91 Å². The Kier molecular flexibility index (Phi) is 7.49. The first kappa shape index (κ1) is 24.3. The summed E-state index contributed by atoms with van der Waals surface area (Å²) in [6.45, 7) is 5.88. The smallest absolute Gasteiger partial charge is 0.228 e. The number of ether oxygens (including phenoxy) is 1. The Bertz CT molecular complexity index is 1280. The molecule has 0 spiro atoms. The van der Waals surface area contributed by atoms with Gasteiger partial charge in [-0.2, -0.15) is 5.10 Å². The van der Waals surface area contributed by atoms with Gasteiger partial charge in [0.25, 0.3) is 0 Å². The van der Waals surface area contributed by atoms with Crippen LogP contribution in [0, 0.1) is 0 Å². The van der Waals surface area contributed by atoms with Crippen LogP contribution >= 0.6 is 11.3 Å². The zero-order valence-corrected chi connectivity index (χ0v) is 21.7. The molecule has 0 bridgehead atoms. The van der Waals surface area contributed by atoms with Crippen molar-refractivity contribution in [2.24, 2.45) is 0 Å². The number of methoxy groups -OCH3 is 1. The molecule has 0 fully saturated rings. The van der Waals surface area contributed by atoms with E-state index in [1.54, 1.807) is 18.4 Å². The van der Waals surface area contributed by atoms with E-state index >= 15 is 0 Å². The summed E-state index contributed by atoms with van der Waals surface area (Å²) in [4.78, 5) is 18.6. The predicted molar refractivity (Wildman–Crippen MR) is 143 cm³/mol. The van der Waals surface area contributed by atoms with E-state index in [0.717, 1.165) is 48.1 Å². The minimum atomic E-state index is 0.147. The van der Waals surface area contributed by atoms with Crippen molar-refractivity contribution in [1.29, 1.82) is 0 Å². The normalized spacial score (nSPS) is 13.4. The molecular weight excluding hydrogens is 468 g/mol. The molecule has 0 radical (unpaired) electrons. The number of aromatic nitrogens is 2. The van der Waals surface area contributed by atoms with Crippen LogP contribution < -0.4 is 4.74 Å². The highest BCUT2D eigenvalue weighted by molar-refractivity contribution is 7.10. The quantitative estimate of drug-likeness (QED) is 0.321. The number of carbonyl (C=O) groups excluding carboxylic acids is 1. The average molecular weight is 501 g/mol. The summed E-state index contributed by atoms with van der Waals surface area (Å²) < 4.78 is 7.40. The van der Waals surface area contributed by atoms with Gasteiger partial charge in [-0.25, -0.2) is 4.68 Å². The van der Waals surface area contributed by atoms with Gasteiger partial charge in [0, 0.05) is 43.0 Å². The summed E-state index contributed by atoms with van der Waals surface area (Å²) in [5.74, 6) is 1.02. The van der Waals surface area contributed by atoms with E-state index in [1.807, 2.05) is 59.7 Å². The summed E-state index contributed by atoms with van der Waals surface area (Å²) in [7, 11) is 1.69. The molecule has 0 N–H and O–H groups in total. The third-order valence-corrected chi connectivity index (χ3v) is 7.64. The number of benzene rings is 2. The van der Waals surface area contributed by atoms with Crippen LogP contribution in [0.2, 0.25) is 0 Å². The Morgan fingerprint density at radius 1 is 1.08 bits per heavy atom. The van der Waals surface area contributed by atoms with Gasteiger partial charge in [0.1, 0.15) is 5.75 Å². The van der Waals surface area contributed by atoms with Gasteiger partial charge in [-0.05, 0) is 48.2 Å². The Morgan fingerprint density at radius 2 is 1.89 bits per heavy atom. The van der Waals surface area contributed by atoms with Gasteiger partial charge < -0.3 is 9.64 Å². The number of carbonyl (C=O) groups is 1. The third-order valence-electron chi connectivity index (χ3n) is 6.77. The van der Waals surface area contributed by atoms with Crippen LogP contribution in [0.1, 0.15) is 34.3 Å². The van der Waals surface area contributed by atoms with E-state index in [4.69, 9.17) is 9.84 Å². The lowest BCUT2D eigenvalue weighted by Gasteiger charge is -2.28. The van der Waals surface area contributed by atoms with Gasteiger partial charge in [-0.15, -0.1) is 11.3 Å². The predicted octanol–water partition coefficient (Wildman–Crippen LogP) is 5.09. The topological polar surface area (TPSA) is 50.6 Å². The molecule has 2 aromatic heterocycles. The molecule has 1 aliphatic heterocycles. The number of hydrogen-bond donors (Lipinski definition) is 0. The number of nitrogens with zero attached hydrogens (tertiary/aromatic N) is 4. The average Bonchev–Trinajstić information content (AvgIpc) is 3.56. The second-order valence-corrected chi connectivity index (χ2v) is 10.1. The highest BCUT2D eigenvalue weighted by atomic mass is 32.1. The number of para-hydroxylation sites is 1. The first-order chi connectivity index (χ1) is 17.6. The minimum absolute atomic E-state index is 0.147. The van der Waals surface area contributed by atoms with Crippen molar-refractivity contribution in [3.63, 3.8) is 0 Å². The molecule has 0 unspecified atom stereocenters. The Balaban J connectivity index is 1.41. The van der Waals surface area contributed by atoms with E-state index in [0.29, 0.717) is 19.5 Å². The standard InChI is InChI=1S/C29H32N4O2S/c1-3-32(29(34)18-25-10-7-17-36-25)21-27-26-20-31(19-22-11-13-24(35-2)14-12-22)16-15-28(26)33(30-27)23-8-5-4-6-9-23/h4-14,17H,3,15-16,18-21H2,1-2H3. The molecule has 2 aromatic carbocycles. The fraction of sp³-hybridized carbons (Fsp3) is 0.310. The first-order valence-corrected chi connectivity index (χ1v) is 13.3. The molecule has 186 valence electrons. The van der Waals surface area contributed by atoms with Gasteiger partial charge in [0.2, 0.25) is 5.91 Å². The van der Waals surface area contributed by atoms with Gasteiger partial charge in [-0.3, -0.25) is 9.69 Å². The van der Waals surface area contributed by atoms with E-state index < -0.39 is 0 Å². The number of thiophene rings is 1. The fourth-order valence-electron chi connectivity index (χ4n) is 4.81. The van der Waals surface area contributed by atoms with E-state index in [9.17, 15) is 4.79 Å². The number of amides is 1. The van der Waals surface area contributed by atoms with Crippen molar-refractivity contribution < 1.29 is 9.53 Å². The van der Waals surface area contributed by atoms with Crippen molar-refractivity contribution in [3.8, 4) is 11.4 Å². The molecule has 6 nitrogen and oxygen atoms in total. The number of likely N-dealkylation sites (N-methyl/N-ethyl adjacent to an activating group) is 1. The van der Waals surface area contributed by atoms with Crippen LogP contribution in [0.15, 0.2) is 72.1 Å². The zero-order chi connectivity index (χ0) is 24.9. The van der Waals surface area contributed by atoms with Crippen LogP contribution in [0.3, 0.4) is 0 Å². The number of hydrogen-bond acceptors (Lipinski definition) is 5. The lowest BCUT2D eigenvalue weighted by atomic mass is 10.0. The molecule has 3 heterocycles. The molecule has 0 saturated carbocycles.